The summed E-state index contributed by atoms with van der Waals surface area (Å²) >= 11 is 0. The Morgan fingerprint density at radius 3 is 1.82 bits per heavy atom. The molecule has 0 N–H and O–H groups in total. The smallest absolute Gasteiger partial charge is 0.143 e. The average molecular weight is 576 g/mol. The number of fused-ring (bicyclic) bond motifs is 9. The van der Waals surface area contributed by atoms with Crippen molar-refractivity contribution >= 4 is 65.7 Å². The first kappa shape index (κ1) is 24.4. The first-order chi connectivity index (χ1) is 22.3. The Morgan fingerprint density at radius 2 is 0.978 bits per heavy atom. The van der Waals surface area contributed by atoms with E-state index in [9.17, 15) is 0 Å². The molecule has 0 aliphatic rings. The highest BCUT2D eigenvalue weighted by molar-refractivity contribution is 6.14. The van der Waals surface area contributed by atoms with Gasteiger partial charge in [-0.3, -0.25) is 0 Å². The fourth-order valence-electron chi connectivity index (χ4n) is 7.11. The van der Waals surface area contributed by atoms with Crippen LogP contribution >= 0.6 is 0 Å². The number of benzene rings is 7. The predicted molar refractivity (Wildman–Crippen MR) is 186 cm³/mol. The summed E-state index contributed by atoms with van der Waals surface area (Å²) in [5, 5.41) is 6.96. The lowest BCUT2D eigenvalue weighted by Crippen LogP contribution is -1.95. The minimum Gasteiger partial charge on any atom is -0.456 e. The quantitative estimate of drug-likeness (QED) is 0.210. The van der Waals surface area contributed by atoms with E-state index in [2.05, 4.69) is 138 Å². The maximum Gasteiger partial charge on any atom is 0.143 e. The number of para-hydroxylation sites is 3. The molecule has 0 fully saturated rings. The molecule has 0 radical (unpaired) electrons. The largest absolute Gasteiger partial charge is 0.456 e. The number of hydrogen-bond donors (Lipinski definition) is 0. The van der Waals surface area contributed by atoms with Gasteiger partial charge in [-0.05, 0) is 71.3 Å². The second-order valence-corrected chi connectivity index (χ2v) is 11.7. The van der Waals surface area contributed by atoms with Gasteiger partial charge in [0.05, 0.1) is 11.0 Å². The summed E-state index contributed by atoms with van der Waals surface area (Å²) in [5.41, 5.74) is 11.6. The molecule has 10 aromatic rings. The van der Waals surface area contributed by atoms with Crippen molar-refractivity contribution in [1.29, 1.82) is 0 Å². The van der Waals surface area contributed by atoms with Crippen molar-refractivity contribution in [3.8, 4) is 27.9 Å². The Morgan fingerprint density at radius 1 is 0.356 bits per heavy atom. The Kier molecular flexibility index (Phi) is 5.00. The van der Waals surface area contributed by atoms with E-state index in [1.165, 1.54) is 16.3 Å². The van der Waals surface area contributed by atoms with Crippen LogP contribution in [-0.2, 0) is 0 Å². The van der Waals surface area contributed by atoms with Crippen molar-refractivity contribution in [3.05, 3.63) is 152 Å². The van der Waals surface area contributed by atoms with E-state index < -0.39 is 0 Å². The highest BCUT2D eigenvalue weighted by Gasteiger charge is 2.19. The van der Waals surface area contributed by atoms with Crippen LogP contribution in [0.1, 0.15) is 0 Å². The zero-order valence-electron chi connectivity index (χ0n) is 24.2. The summed E-state index contributed by atoms with van der Waals surface area (Å²) in [6.07, 6.45) is 0. The van der Waals surface area contributed by atoms with Crippen molar-refractivity contribution in [1.82, 2.24) is 4.57 Å². The van der Waals surface area contributed by atoms with Crippen molar-refractivity contribution in [2.75, 3.05) is 0 Å². The Hall–Kier alpha value is -6.06. The molecular formula is C42H25NO2. The van der Waals surface area contributed by atoms with Crippen molar-refractivity contribution in [3.63, 3.8) is 0 Å². The number of rotatable bonds is 3. The summed E-state index contributed by atoms with van der Waals surface area (Å²) in [5.74, 6) is 0. The van der Waals surface area contributed by atoms with Crippen LogP contribution in [0.5, 0.6) is 0 Å². The molecule has 10 rings (SSSR count). The van der Waals surface area contributed by atoms with Gasteiger partial charge in [0.2, 0.25) is 0 Å². The summed E-state index contributed by atoms with van der Waals surface area (Å²) < 4.78 is 15.1. The molecule has 45 heavy (non-hydrogen) atoms. The lowest BCUT2D eigenvalue weighted by molar-refractivity contribution is 0.669. The van der Waals surface area contributed by atoms with E-state index in [4.69, 9.17) is 8.83 Å². The van der Waals surface area contributed by atoms with Crippen LogP contribution in [0.3, 0.4) is 0 Å². The molecule has 0 aliphatic heterocycles. The average Bonchev–Trinajstić information content (AvgIpc) is 3.77. The first-order valence-electron chi connectivity index (χ1n) is 15.3. The molecule has 210 valence electrons. The van der Waals surface area contributed by atoms with E-state index in [0.29, 0.717) is 0 Å². The van der Waals surface area contributed by atoms with Gasteiger partial charge in [0.1, 0.15) is 22.3 Å². The lowest BCUT2D eigenvalue weighted by atomic mass is 10.0. The van der Waals surface area contributed by atoms with Gasteiger partial charge in [-0.15, -0.1) is 0 Å². The highest BCUT2D eigenvalue weighted by atomic mass is 16.3. The van der Waals surface area contributed by atoms with Gasteiger partial charge in [0, 0.05) is 43.6 Å². The SMILES string of the molecule is c1ccc(-c2cc(-n3c4ccccc4c4cc(-c5ccc6c(c5)oc5ccccc56)ccc43)cc3c2oc2ccccc23)cc1. The summed E-state index contributed by atoms with van der Waals surface area (Å²) in [6.45, 7) is 0. The third-order valence-corrected chi connectivity index (χ3v) is 9.19. The predicted octanol–water partition coefficient (Wildman–Crippen LogP) is 11.9. The monoisotopic (exact) mass is 575 g/mol. The standard InChI is InChI=1S/C42H25NO2/c1-2-10-26(11-3-1)34-24-29(25-36-32-14-6-9-17-40(32)45-42(34)36)43-37-15-7-4-12-30(37)35-22-27(19-21-38(35)43)28-18-20-33-31-13-5-8-16-39(31)44-41(33)23-28/h1-25H. The third-order valence-electron chi connectivity index (χ3n) is 9.19. The van der Waals surface area contributed by atoms with Gasteiger partial charge < -0.3 is 13.4 Å². The van der Waals surface area contributed by atoms with Crippen molar-refractivity contribution in [2.45, 2.75) is 0 Å². The van der Waals surface area contributed by atoms with Crippen LogP contribution < -0.4 is 0 Å². The van der Waals surface area contributed by atoms with Crippen LogP contribution in [0.4, 0.5) is 0 Å². The van der Waals surface area contributed by atoms with Gasteiger partial charge in [-0.1, -0.05) is 97.1 Å². The van der Waals surface area contributed by atoms with Crippen LogP contribution in [0.25, 0.3) is 93.6 Å². The van der Waals surface area contributed by atoms with Gasteiger partial charge in [0.25, 0.3) is 0 Å². The molecular weight excluding hydrogens is 550 g/mol. The minimum atomic E-state index is 0.898. The van der Waals surface area contributed by atoms with E-state index >= 15 is 0 Å². The van der Waals surface area contributed by atoms with E-state index in [0.717, 1.165) is 77.3 Å². The molecule has 0 unspecified atom stereocenters. The molecule has 0 atom stereocenters. The summed E-state index contributed by atoms with van der Waals surface area (Å²) in [4.78, 5) is 0. The second-order valence-electron chi connectivity index (χ2n) is 11.7. The molecule has 0 spiro atoms. The summed E-state index contributed by atoms with van der Waals surface area (Å²) in [7, 11) is 0. The molecule has 0 saturated carbocycles. The third kappa shape index (κ3) is 3.58. The van der Waals surface area contributed by atoms with Crippen LogP contribution in [-0.4, -0.2) is 4.57 Å². The number of aromatic nitrogens is 1. The molecule has 0 saturated heterocycles. The number of nitrogens with zero attached hydrogens (tertiary/aromatic N) is 1. The molecule has 0 bridgehead atoms. The van der Waals surface area contributed by atoms with E-state index in [1.54, 1.807) is 0 Å². The molecule has 3 nitrogen and oxygen atoms in total. The van der Waals surface area contributed by atoms with Crippen LogP contribution in [0.2, 0.25) is 0 Å². The topological polar surface area (TPSA) is 31.2 Å². The van der Waals surface area contributed by atoms with E-state index in [-0.39, 0.29) is 0 Å². The lowest BCUT2D eigenvalue weighted by Gasteiger charge is -2.12. The van der Waals surface area contributed by atoms with Gasteiger partial charge in [0.15, 0.2) is 0 Å². The second kappa shape index (κ2) is 9.22. The Balaban J connectivity index is 1.22. The zero-order valence-corrected chi connectivity index (χ0v) is 24.2. The van der Waals surface area contributed by atoms with Crippen LogP contribution in [0.15, 0.2) is 160 Å². The number of hydrogen-bond acceptors (Lipinski definition) is 2. The zero-order chi connectivity index (χ0) is 29.5. The molecule has 0 amide bonds. The molecule has 0 aliphatic carbocycles. The first-order valence-corrected chi connectivity index (χ1v) is 15.3. The molecule has 3 heterocycles. The highest BCUT2D eigenvalue weighted by Crippen LogP contribution is 2.41. The Labute approximate surface area is 258 Å². The molecule has 3 heteroatoms. The minimum absolute atomic E-state index is 0.898. The number of furan rings is 2. The fourth-order valence-corrected chi connectivity index (χ4v) is 7.11. The van der Waals surface area contributed by atoms with Gasteiger partial charge in [-0.25, -0.2) is 0 Å². The van der Waals surface area contributed by atoms with Crippen molar-refractivity contribution < 1.29 is 8.83 Å². The molecule has 3 aromatic heterocycles. The molecule has 7 aromatic carbocycles. The van der Waals surface area contributed by atoms with Crippen molar-refractivity contribution in [2.24, 2.45) is 0 Å². The Bertz CT molecular complexity index is 2760. The maximum atomic E-state index is 6.48. The summed E-state index contributed by atoms with van der Waals surface area (Å²) in [6, 6.07) is 53.7. The normalized spacial score (nSPS) is 12.0. The van der Waals surface area contributed by atoms with Crippen LogP contribution in [0, 0.1) is 0 Å². The van der Waals surface area contributed by atoms with E-state index in [1.807, 2.05) is 18.2 Å². The van der Waals surface area contributed by atoms with Gasteiger partial charge in [-0.2, -0.15) is 0 Å². The maximum absolute atomic E-state index is 6.48. The fraction of sp³-hybridized carbons (Fsp3) is 0. The van der Waals surface area contributed by atoms with Gasteiger partial charge >= 0.3 is 0 Å².